The highest BCUT2D eigenvalue weighted by molar-refractivity contribution is 6.06. The zero-order valence-corrected chi connectivity index (χ0v) is 13.4. The molecule has 1 aliphatic rings. The summed E-state index contributed by atoms with van der Waals surface area (Å²) in [4.78, 5) is 35.7. The zero-order chi connectivity index (χ0) is 17.8. The second-order valence-corrected chi connectivity index (χ2v) is 5.21. The number of hydrogen-bond acceptors (Lipinski definition) is 6. The van der Waals surface area contributed by atoms with E-state index in [1.807, 2.05) is 0 Å². The molecule has 6 nitrogen and oxygen atoms in total. The van der Waals surface area contributed by atoms with Gasteiger partial charge in [0, 0.05) is 11.1 Å². The summed E-state index contributed by atoms with van der Waals surface area (Å²) in [7, 11) is 1.50. The molecule has 0 bridgehead atoms. The van der Waals surface area contributed by atoms with Crippen molar-refractivity contribution in [2.75, 3.05) is 13.7 Å². The molecule has 6 heteroatoms. The Hall–Kier alpha value is -3.41. The van der Waals surface area contributed by atoms with E-state index in [0.29, 0.717) is 22.4 Å². The molecule has 0 N–H and O–H groups in total. The number of cyclic esters (lactones) is 1. The van der Waals surface area contributed by atoms with Crippen LogP contribution in [0.2, 0.25) is 0 Å². The summed E-state index contributed by atoms with van der Waals surface area (Å²) in [6.07, 6.45) is 1.06. The normalized spacial score (nSPS) is 14.0. The number of fused-ring (bicyclic) bond motifs is 1. The van der Waals surface area contributed by atoms with Crippen LogP contribution in [0.3, 0.4) is 0 Å². The summed E-state index contributed by atoms with van der Waals surface area (Å²) in [6.45, 7) is -0.425. The van der Waals surface area contributed by atoms with Crippen molar-refractivity contribution < 1.29 is 28.6 Å². The van der Waals surface area contributed by atoms with Crippen LogP contribution in [-0.2, 0) is 14.3 Å². The maximum Gasteiger partial charge on any atom is 0.344 e. The highest BCUT2D eigenvalue weighted by Gasteiger charge is 2.26. The lowest BCUT2D eigenvalue weighted by molar-refractivity contribution is -0.136. The van der Waals surface area contributed by atoms with Crippen molar-refractivity contribution in [3.05, 3.63) is 71.3 Å². The van der Waals surface area contributed by atoms with E-state index in [0.717, 1.165) is 6.08 Å². The summed E-state index contributed by atoms with van der Waals surface area (Å²) < 4.78 is 15.0. The van der Waals surface area contributed by atoms with Crippen LogP contribution in [-0.4, -0.2) is 31.4 Å². The molecule has 0 amide bonds. The molecule has 0 fully saturated rings. The molecule has 0 unspecified atom stereocenters. The van der Waals surface area contributed by atoms with Crippen LogP contribution in [0, 0.1) is 0 Å². The predicted molar refractivity (Wildman–Crippen MR) is 88.1 cm³/mol. The van der Waals surface area contributed by atoms with E-state index >= 15 is 0 Å². The zero-order valence-electron chi connectivity index (χ0n) is 13.4. The molecule has 0 saturated carbocycles. The van der Waals surface area contributed by atoms with Crippen LogP contribution in [0.25, 0.3) is 5.76 Å². The van der Waals surface area contributed by atoms with E-state index in [1.165, 1.54) is 7.11 Å². The molecular weight excluding hydrogens is 324 g/mol. The standard InChI is InChI=1S/C19H14O6/c1-23-13-6-4-5-12(9-13)16(20)11-24-18(21)10-17-14-7-2-3-8-15(14)19(22)25-17/h2-10H,11H2,1H3/b17-10-. The monoisotopic (exact) mass is 338 g/mol. The van der Waals surface area contributed by atoms with Crippen molar-refractivity contribution in [2.24, 2.45) is 0 Å². The Bertz CT molecular complexity index is 881. The fourth-order valence-corrected chi connectivity index (χ4v) is 2.36. The number of hydrogen-bond donors (Lipinski definition) is 0. The quantitative estimate of drug-likeness (QED) is 0.474. The minimum absolute atomic E-state index is 0.111. The molecule has 126 valence electrons. The predicted octanol–water partition coefficient (Wildman–Crippen LogP) is 2.63. The minimum atomic E-state index is -0.768. The minimum Gasteiger partial charge on any atom is -0.497 e. The van der Waals surface area contributed by atoms with E-state index in [-0.39, 0.29) is 11.5 Å². The number of Topliss-reactive ketones (excluding diaryl/α,β-unsaturated/α-hetero) is 1. The van der Waals surface area contributed by atoms with Crippen molar-refractivity contribution in [1.29, 1.82) is 0 Å². The number of benzene rings is 2. The van der Waals surface area contributed by atoms with Gasteiger partial charge in [0.05, 0.1) is 18.7 Å². The first-order valence-corrected chi connectivity index (χ1v) is 7.46. The SMILES string of the molecule is COc1cccc(C(=O)COC(=O)/C=C2\OC(=O)c3ccccc32)c1. The van der Waals surface area contributed by atoms with Crippen LogP contribution in [0.1, 0.15) is 26.3 Å². The first-order chi connectivity index (χ1) is 12.1. The number of esters is 2. The van der Waals surface area contributed by atoms with Gasteiger partial charge in [0.25, 0.3) is 0 Å². The molecule has 2 aromatic rings. The third-order valence-electron chi connectivity index (χ3n) is 3.60. The number of rotatable bonds is 5. The average Bonchev–Trinajstić information content (AvgIpc) is 2.96. The van der Waals surface area contributed by atoms with E-state index in [1.54, 1.807) is 48.5 Å². The molecule has 25 heavy (non-hydrogen) atoms. The van der Waals surface area contributed by atoms with Crippen molar-refractivity contribution in [1.82, 2.24) is 0 Å². The lowest BCUT2D eigenvalue weighted by Gasteiger charge is -2.04. The van der Waals surface area contributed by atoms with Gasteiger partial charge in [-0.3, -0.25) is 4.79 Å². The molecule has 0 aliphatic carbocycles. The lowest BCUT2D eigenvalue weighted by atomic mass is 10.1. The third-order valence-corrected chi connectivity index (χ3v) is 3.60. The van der Waals surface area contributed by atoms with Crippen LogP contribution in [0.15, 0.2) is 54.6 Å². The van der Waals surface area contributed by atoms with Crippen LogP contribution in [0.5, 0.6) is 5.75 Å². The van der Waals surface area contributed by atoms with Gasteiger partial charge in [-0.1, -0.05) is 30.3 Å². The second-order valence-electron chi connectivity index (χ2n) is 5.21. The maximum atomic E-state index is 12.1. The van der Waals surface area contributed by atoms with Gasteiger partial charge in [0.15, 0.2) is 12.4 Å². The average molecular weight is 338 g/mol. The summed E-state index contributed by atoms with van der Waals surface area (Å²) in [5, 5.41) is 0. The fraction of sp³-hybridized carbons (Fsp3) is 0.105. The molecule has 0 aromatic heterocycles. The van der Waals surface area contributed by atoms with Gasteiger partial charge < -0.3 is 14.2 Å². The van der Waals surface area contributed by atoms with Crippen LogP contribution >= 0.6 is 0 Å². The van der Waals surface area contributed by atoms with Crippen LogP contribution in [0.4, 0.5) is 0 Å². The van der Waals surface area contributed by atoms with Gasteiger partial charge in [-0.25, -0.2) is 9.59 Å². The van der Waals surface area contributed by atoms with Gasteiger partial charge >= 0.3 is 11.9 Å². The molecule has 2 aromatic carbocycles. The van der Waals surface area contributed by atoms with Gasteiger partial charge in [0.2, 0.25) is 0 Å². The molecule has 3 rings (SSSR count). The molecule has 1 heterocycles. The Labute approximate surface area is 143 Å². The highest BCUT2D eigenvalue weighted by Crippen LogP contribution is 2.29. The Morgan fingerprint density at radius 2 is 1.84 bits per heavy atom. The van der Waals surface area contributed by atoms with Crippen molar-refractivity contribution >= 4 is 23.5 Å². The first kappa shape index (κ1) is 16.4. The Morgan fingerprint density at radius 3 is 2.60 bits per heavy atom. The fourth-order valence-electron chi connectivity index (χ4n) is 2.36. The number of carbonyl (C=O) groups is 3. The first-order valence-electron chi connectivity index (χ1n) is 7.46. The molecule has 0 radical (unpaired) electrons. The van der Waals surface area contributed by atoms with Gasteiger partial charge in [0.1, 0.15) is 11.5 Å². The topological polar surface area (TPSA) is 78.9 Å². The van der Waals surface area contributed by atoms with E-state index in [4.69, 9.17) is 14.2 Å². The lowest BCUT2D eigenvalue weighted by Crippen LogP contribution is -2.13. The number of carbonyl (C=O) groups excluding carboxylic acids is 3. The van der Waals surface area contributed by atoms with Gasteiger partial charge in [-0.05, 0) is 18.2 Å². The van der Waals surface area contributed by atoms with E-state index in [2.05, 4.69) is 0 Å². The molecule has 0 spiro atoms. The summed E-state index contributed by atoms with van der Waals surface area (Å²) in [5.74, 6) is -1.01. The third kappa shape index (κ3) is 3.58. The van der Waals surface area contributed by atoms with Gasteiger partial charge in [-0.15, -0.1) is 0 Å². The van der Waals surface area contributed by atoms with Crippen molar-refractivity contribution in [3.63, 3.8) is 0 Å². The Balaban J connectivity index is 1.65. The smallest absolute Gasteiger partial charge is 0.344 e. The molecule has 1 aliphatic heterocycles. The van der Waals surface area contributed by atoms with Crippen LogP contribution < -0.4 is 4.74 Å². The van der Waals surface area contributed by atoms with Crippen molar-refractivity contribution in [3.8, 4) is 5.75 Å². The number of methoxy groups -OCH3 is 1. The van der Waals surface area contributed by atoms with E-state index < -0.39 is 18.5 Å². The Morgan fingerprint density at radius 1 is 1.08 bits per heavy atom. The molecule has 0 atom stereocenters. The number of ketones is 1. The Kier molecular flexibility index (Phi) is 4.61. The maximum absolute atomic E-state index is 12.1. The highest BCUT2D eigenvalue weighted by atomic mass is 16.6. The largest absolute Gasteiger partial charge is 0.497 e. The summed E-state index contributed by atoms with van der Waals surface area (Å²) in [5.41, 5.74) is 1.27. The summed E-state index contributed by atoms with van der Waals surface area (Å²) in [6, 6.07) is 13.2. The molecular formula is C19H14O6. The van der Waals surface area contributed by atoms with E-state index in [9.17, 15) is 14.4 Å². The van der Waals surface area contributed by atoms with Gasteiger partial charge in [-0.2, -0.15) is 0 Å². The van der Waals surface area contributed by atoms with Crippen molar-refractivity contribution in [2.45, 2.75) is 0 Å². The molecule has 0 saturated heterocycles. The number of ether oxygens (including phenoxy) is 3. The second kappa shape index (κ2) is 7.00. The summed E-state index contributed by atoms with van der Waals surface area (Å²) >= 11 is 0.